The number of piperidine rings is 1. The summed E-state index contributed by atoms with van der Waals surface area (Å²) in [6, 6.07) is 5.97. The van der Waals surface area contributed by atoms with Crippen molar-refractivity contribution in [2.45, 2.75) is 36.9 Å². The minimum Gasteiger partial charge on any atom is -0.356 e. The Morgan fingerprint density at radius 1 is 1.17 bits per heavy atom. The van der Waals surface area contributed by atoms with Crippen molar-refractivity contribution in [1.29, 1.82) is 0 Å². The Morgan fingerprint density at radius 3 is 2.50 bits per heavy atom. The molecule has 0 spiro atoms. The highest BCUT2D eigenvalue weighted by Crippen LogP contribution is 2.36. The van der Waals surface area contributed by atoms with E-state index in [0.29, 0.717) is 19.5 Å². The fourth-order valence-corrected chi connectivity index (χ4v) is 5.13. The fraction of sp³-hybridized carbons (Fsp3) is 0.474. The van der Waals surface area contributed by atoms with Crippen LogP contribution in [0.5, 0.6) is 0 Å². The minimum atomic E-state index is -4.77. The summed E-state index contributed by atoms with van der Waals surface area (Å²) < 4.78 is 68.0. The van der Waals surface area contributed by atoms with Crippen LogP contribution in [-0.4, -0.2) is 48.0 Å². The maximum atomic E-state index is 13.2. The molecule has 2 aromatic rings. The summed E-state index contributed by atoms with van der Waals surface area (Å²) in [6.45, 7) is 1.14. The van der Waals surface area contributed by atoms with Crippen LogP contribution in [0, 0.1) is 5.92 Å². The Balaban J connectivity index is 1.54. The number of nitrogens with zero attached hydrogens (tertiary/aromatic N) is 3. The topological polar surface area (TPSA) is 84.3 Å². The molecule has 1 aliphatic heterocycles. The Bertz CT molecular complexity index is 954. The first-order chi connectivity index (χ1) is 14.2. The van der Waals surface area contributed by atoms with Crippen LogP contribution in [0.4, 0.5) is 13.2 Å². The first-order valence-corrected chi connectivity index (χ1v) is 11.0. The highest BCUT2D eigenvalue weighted by Gasteiger charge is 2.40. The maximum Gasteiger partial charge on any atom is 0.417 e. The molecule has 164 valence electrons. The summed E-state index contributed by atoms with van der Waals surface area (Å²) in [7, 11) is -4.30. The molecule has 1 aromatic heterocycles. The zero-order valence-corrected chi connectivity index (χ0v) is 17.0. The van der Waals surface area contributed by atoms with Crippen molar-refractivity contribution in [3.63, 3.8) is 0 Å². The van der Waals surface area contributed by atoms with Gasteiger partial charge in [0.05, 0.1) is 10.5 Å². The van der Waals surface area contributed by atoms with E-state index in [4.69, 9.17) is 0 Å². The molecule has 0 saturated carbocycles. The summed E-state index contributed by atoms with van der Waals surface area (Å²) >= 11 is 0. The van der Waals surface area contributed by atoms with E-state index < -0.39 is 26.7 Å². The van der Waals surface area contributed by atoms with Crippen LogP contribution < -0.4 is 5.32 Å². The van der Waals surface area contributed by atoms with E-state index in [1.54, 1.807) is 10.9 Å². The summed E-state index contributed by atoms with van der Waals surface area (Å²) in [4.78, 5) is 11.6. The Labute approximate surface area is 172 Å². The monoisotopic (exact) mass is 444 g/mol. The number of sulfonamides is 1. The molecule has 1 fully saturated rings. The molecular weight excluding hydrogens is 421 g/mol. The van der Waals surface area contributed by atoms with Gasteiger partial charge in [0.2, 0.25) is 15.9 Å². The van der Waals surface area contributed by atoms with E-state index in [0.717, 1.165) is 22.5 Å². The minimum absolute atomic E-state index is 0.000101. The molecule has 1 N–H and O–H groups in total. The Morgan fingerprint density at radius 2 is 1.87 bits per heavy atom. The number of amides is 1. The molecule has 2 heterocycles. The van der Waals surface area contributed by atoms with Gasteiger partial charge in [-0.3, -0.25) is 9.48 Å². The van der Waals surface area contributed by atoms with Gasteiger partial charge in [-0.15, -0.1) is 0 Å². The molecule has 0 bridgehead atoms. The number of hydrogen-bond acceptors (Lipinski definition) is 4. The third kappa shape index (κ3) is 5.20. The van der Waals surface area contributed by atoms with E-state index in [9.17, 15) is 26.4 Å². The number of halogens is 3. The molecule has 3 rings (SSSR count). The molecule has 30 heavy (non-hydrogen) atoms. The van der Waals surface area contributed by atoms with Crippen LogP contribution in [0.25, 0.3) is 0 Å². The van der Waals surface area contributed by atoms with Gasteiger partial charge < -0.3 is 5.32 Å². The predicted octanol–water partition coefficient (Wildman–Crippen LogP) is 2.51. The standard InChI is InChI=1S/C19H23F3N4O3S/c20-19(21,22)16-5-1-2-6-17(16)30(28,29)26-13-7-15(8-14-26)18(27)23-9-3-11-25-12-4-10-24-25/h1-2,4-6,10,12,15H,3,7-9,11,13-14H2,(H,23,27). The summed E-state index contributed by atoms with van der Waals surface area (Å²) in [6.07, 6.45) is -0.0356. The molecule has 0 atom stereocenters. The lowest BCUT2D eigenvalue weighted by Crippen LogP contribution is -2.43. The Kier molecular flexibility index (Phi) is 6.81. The van der Waals surface area contributed by atoms with Crippen molar-refractivity contribution in [2.24, 2.45) is 5.92 Å². The molecule has 1 amide bonds. The van der Waals surface area contributed by atoms with Gasteiger partial charge >= 0.3 is 6.18 Å². The zero-order chi connectivity index (χ0) is 21.8. The molecule has 0 radical (unpaired) electrons. The lowest BCUT2D eigenvalue weighted by molar-refractivity contribution is -0.139. The molecular formula is C19H23F3N4O3S. The maximum absolute atomic E-state index is 13.2. The lowest BCUT2D eigenvalue weighted by Gasteiger charge is -2.31. The van der Waals surface area contributed by atoms with Crippen molar-refractivity contribution in [1.82, 2.24) is 19.4 Å². The average Bonchev–Trinajstić information content (AvgIpc) is 3.24. The van der Waals surface area contributed by atoms with Crippen molar-refractivity contribution in [3.8, 4) is 0 Å². The summed E-state index contributed by atoms with van der Waals surface area (Å²) in [5.74, 6) is -0.526. The summed E-state index contributed by atoms with van der Waals surface area (Å²) in [5, 5.41) is 6.90. The third-order valence-corrected chi connectivity index (χ3v) is 7.01. The van der Waals surface area contributed by atoms with Gasteiger partial charge in [-0.05, 0) is 37.5 Å². The number of benzene rings is 1. The number of alkyl halides is 3. The van der Waals surface area contributed by atoms with Crippen LogP contribution in [0.3, 0.4) is 0 Å². The van der Waals surface area contributed by atoms with Gasteiger partial charge in [-0.1, -0.05) is 12.1 Å². The van der Waals surface area contributed by atoms with E-state index in [-0.39, 0.29) is 37.8 Å². The highest BCUT2D eigenvalue weighted by atomic mass is 32.2. The van der Waals surface area contributed by atoms with Gasteiger partial charge in [-0.25, -0.2) is 8.42 Å². The van der Waals surface area contributed by atoms with Gasteiger partial charge in [0.25, 0.3) is 0 Å². The number of rotatable bonds is 7. The molecule has 7 nitrogen and oxygen atoms in total. The van der Waals surface area contributed by atoms with Crippen molar-refractivity contribution in [2.75, 3.05) is 19.6 Å². The molecule has 1 saturated heterocycles. The average molecular weight is 444 g/mol. The second kappa shape index (κ2) is 9.17. The number of aromatic nitrogens is 2. The van der Waals surface area contributed by atoms with E-state index in [2.05, 4.69) is 10.4 Å². The molecule has 0 aliphatic carbocycles. The second-order valence-electron chi connectivity index (χ2n) is 7.09. The molecule has 1 aromatic carbocycles. The number of aryl methyl sites for hydroxylation is 1. The Hall–Kier alpha value is -2.40. The number of carbonyl (C=O) groups is 1. The lowest BCUT2D eigenvalue weighted by atomic mass is 9.97. The molecule has 1 aliphatic rings. The highest BCUT2D eigenvalue weighted by molar-refractivity contribution is 7.89. The van der Waals surface area contributed by atoms with E-state index >= 15 is 0 Å². The van der Waals surface area contributed by atoms with E-state index in [1.807, 2.05) is 12.3 Å². The van der Waals surface area contributed by atoms with Crippen molar-refractivity contribution < 1.29 is 26.4 Å². The summed E-state index contributed by atoms with van der Waals surface area (Å²) in [5.41, 5.74) is -1.18. The predicted molar refractivity (Wildman–Crippen MR) is 103 cm³/mol. The van der Waals surface area contributed by atoms with Gasteiger partial charge in [-0.2, -0.15) is 22.6 Å². The van der Waals surface area contributed by atoms with Crippen molar-refractivity contribution in [3.05, 3.63) is 48.3 Å². The van der Waals surface area contributed by atoms with Crippen LogP contribution in [0.15, 0.2) is 47.6 Å². The number of nitrogens with one attached hydrogen (secondary N) is 1. The van der Waals surface area contributed by atoms with Crippen LogP contribution >= 0.6 is 0 Å². The van der Waals surface area contributed by atoms with Crippen LogP contribution in [0.1, 0.15) is 24.8 Å². The molecule has 0 unspecified atom stereocenters. The smallest absolute Gasteiger partial charge is 0.356 e. The SMILES string of the molecule is O=C(NCCCn1cccn1)C1CCN(S(=O)(=O)c2ccccc2C(F)(F)F)CC1. The van der Waals surface area contributed by atoms with Gasteiger partial charge in [0.15, 0.2) is 0 Å². The zero-order valence-electron chi connectivity index (χ0n) is 16.2. The van der Waals surface area contributed by atoms with Gasteiger partial charge in [0, 0.05) is 44.5 Å². The van der Waals surface area contributed by atoms with E-state index in [1.165, 1.54) is 6.07 Å². The first-order valence-electron chi connectivity index (χ1n) is 9.61. The van der Waals surface area contributed by atoms with Crippen LogP contribution in [0.2, 0.25) is 0 Å². The third-order valence-electron chi connectivity index (χ3n) is 5.06. The van der Waals surface area contributed by atoms with Gasteiger partial charge in [0.1, 0.15) is 0 Å². The van der Waals surface area contributed by atoms with Crippen molar-refractivity contribution >= 4 is 15.9 Å². The number of carbonyl (C=O) groups excluding carboxylic acids is 1. The molecule has 11 heteroatoms. The van der Waals surface area contributed by atoms with Crippen LogP contribution in [-0.2, 0) is 27.5 Å². The second-order valence-corrected chi connectivity index (χ2v) is 8.99. The quantitative estimate of drug-likeness (QED) is 0.665. The largest absolute Gasteiger partial charge is 0.417 e. The number of hydrogen-bond donors (Lipinski definition) is 1. The normalized spacial score (nSPS) is 16.5. The first kappa shape index (κ1) is 22.3. The fourth-order valence-electron chi connectivity index (χ4n) is 3.45.